The van der Waals surface area contributed by atoms with Crippen LogP contribution in [0.15, 0.2) is 53.3 Å². The van der Waals surface area contributed by atoms with Crippen LogP contribution in [-0.2, 0) is 6.54 Å². The summed E-state index contributed by atoms with van der Waals surface area (Å²) in [5, 5.41) is 3.55. The number of aromatic nitrogens is 2. The monoisotopic (exact) mass is 451 g/mol. The van der Waals surface area contributed by atoms with Crippen molar-refractivity contribution in [3.8, 4) is 11.5 Å². The Kier molecular flexibility index (Phi) is 7.41. The van der Waals surface area contributed by atoms with Gasteiger partial charge in [-0.25, -0.2) is 9.78 Å². The molecule has 1 fully saturated rings. The number of aromatic amines is 1. The Labute approximate surface area is 192 Å². The number of urea groups is 1. The van der Waals surface area contributed by atoms with E-state index in [0.717, 1.165) is 31.0 Å². The van der Waals surface area contributed by atoms with Crippen LogP contribution in [0.3, 0.4) is 0 Å². The molecule has 174 valence electrons. The van der Waals surface area contributed by atoms with E-state index in [2.05, 4.69) is 20.2 Å². The molecule has 9 heteroatoms. The van der Waals surface area contributed by atoms with E-state index in [1.165, 1.54) is 0 Å². The van der Waals surface area contributed by atoms with Crippen LogP contribution < -0.4 is 20.3 Å². The molecular weight excluding hydrogens is 422 g/mol. The number of hydrogen-bond acceptors (Lipinski definition) is 6. The molecule has 1 aliphatic heterocycles. The van der Waals surface area contributed by atoms with Crippen LogP contribution >= 0.6 is 0 Å². The number of benzene rings is 2. The lowest BCUT2D eigenvalue weighted by molar-refractivity contribution is 0.133. The minimum absolute atomic E-state index is 0.0589. The Morgan fingerprint density at radius 2 is 1.79 bits per heavy atom. The first-order valence-electron chi connectivity index (χ1n) is 11.1. The summed E-state index contributed by atoms with van der Waals surface area (Å²) in [5.41, 5.74) is 0.579. The molecule has 0 unspecified atom stereocenters. The van der Waals surface area contributed by atoms with Gasteiger partial charge < -0.3 is 24.7 Å². The first-order chi connectivity index (χ1) is 16.1. The van der Waals surface area contributed by atoms with Crippen LogP contribution in [-0.4, -0.2) is 72.2 Å². The zero-order valence-corrected chi connectivity index (χ0v) is 18.8. The number of nitrogens with zero attached hydrogens (tertiary/aromatic N) is 3. The average molecular weight is 452 g/mol. The molecule has 0 spiro atoms. The maximum Gasteiger partial charge on any atom is 0.317 e. The molecule has 0 aliphatic carbocycles. The lowest BCUT2D eigenvalue weighted by Crippen LogP contribution is -2.51. The third-order valence-corrected chi connectivity index (χ3v) is 5.62. The molecule has 4 rings (SSSR count). The standard InChI is InChI=1S/C24H29N5O4/c1-32-18-7-9-19(10-8-18)33-16-4-11-25-24(31)29-14-12-28(13-15-29)17-22-26-21-6-3-2-5-20(21)23(30)27-22/h2-3,5-10H,4,11-17H2,1H3,(H,25,31)(H,26,27,30). The van der Waals surface area contributed by atoms with Gasteiger partial charge in [-0.1, -0.05) is 12.1 Å². The largest absolute Gasteiger partial charge is 0.497 e. The number of carbonyl (C=O) groups excluding carboxylic acids is 1. The molecule has 0 saturated carbocycles. The highest BCUT2D eigenvalue weighted by Crippen LogP contribution is 2.17. The summed E-state index contributed by atoms with van der Waals surface area (Å²) >= 11 is 0. The summed E-state index contributed by atoms with van der Waals surface area (Å²) in [6.07, 6.45) is 0.721. The van der Waals surface area contributed by atoms with Crippen LogP contribution in [0.4, 0.5) is 4.79 Å². The van der Waals surface area contributed by atoms with E-state index in [1.54, 1.807) is 13.2 Å². The van der Waals surface area contributed by atoms with Gasteiger partial charge in [-0.2, -0.15) is 0 Å². The third-order valence-electron chi connectivity index (χ3n) is 5.62. The lowest BCUT2D eigenvalue weighted by Gasteiger charge is -2.34. The molecule has 1 aliphatic rings. The number of methoxy groups -OCH3 is 1. The Morgan fingerprint density at radius 1 is 1.06 bits per heavy atom. The van der Waals surface area contributed by atoms with Crippen molar-refractivity contribution in [2.45, 2.75) is 13.0 Å². The molecular formula is C24H29N5O4. The topological polar surface area (TPSA) is 99.8 Å². The molecule has 2 aromatic carbocycles. The molecule has 1 aromatic heterocycles. The van der Waals surface area contributed by atoms with E-state index >= 15 is 0 Å². The number of nitrogens with one attached hydrogen (secondary N) is 2. The number of amides is 2. The fraction of sp³-hybridized carbons (Fsp3) is 0.375. The number of ether oxygens (including phenoxy) is 2. The quantitative estimate of drug-likeness (QED) is 0.510. The van der Waals surface area contributed by atoms with Gasteiger partial charge in [-0.3, -0.25) is 9.69 Å². The average Bonchev–Trinajstić information content (AvgIpc) is 2.84. The molecule has 0 atom stereocenters. The summed E-state index contributed by atoms with van der Waals surface area (Å²) < 4.78 is 10.8. The van der Waals surface area contributed by atoms with Gasteiger partial charge in [0.1, 0.15) is 17.3 Å². The van der Waals surface area contributed by atoms with Gasteiger partial charge in [0.25, 0.3) is 5.56 Å². The molecule has 2 N–H and O–H groups in total. The summed E-state index contributed by atoms with van der Waals surface area (Å²) in [5.74, 6) is 2.21. The Morgan fingerprint density at radius 3 is 2.55 bits per heavy atom. The Balaban J connectivity index is 1.16. The Hall–Kier alpha value is -3.59. The van der Waals surface area contributed by atoms with Gasteiger partial charge >= 0.3 is 6.03 Å². The fourth-order valence-corrected chi connectivity index (χ4v) is 3.77. The van der Waals surface area contributed by atoms with Gasteiger partial charge in [-0.15, -0.1) is 0 Å². The first kappa shape index (κ1) is 22.6. The number of para-hydroxylation sites is 1. The molecule has 3 aromatic rings. The van der Waals surface area contributed by atoms with Gasteiger partial charge in [0.2, 0.25) is 0 Å². The predicted octanol–water partition coefficient (Wildman–Crippen LogP) is 2.23. The molecule has 2 heterocycles. The van der Waals surface area contributed by atoms with Crippen LogP contribution in [0.1, 0.15) is 12.2 Å². The van der Waals surface area contributed by atoms with E-state index in [4.69, 9.17) is 9.47 Å². The van der Waals surface area contributed by atoms with Gasteiger partial charge in [0.15, 0.2) is 0 Å². The summed E-state index contributed by atoms with van der Waals surface area (Å²) in [7, 11) is 1.63. The predicted molar refractivity (Wildman–Crippen MR) is 126 cm³/mol. The maximum absolute atomic E-state index is 12.4. The molecule has 9 nitrogen and oxygen atoms in total. The summed E-state index contributed by atoms with van der Waals surface area (Å²) in [4.78, 5) is 36.1. The molecule has 0 bridgehead atoms. The van der Waals surface area contributed by atoms with Crippen molar-refractivity contribution in [1.82, 2.24) is 25.1 Å². The fourth-order valence-electron chi connectivity index (χ4n) is 3.77. The Bertz CT molecular complexity index is 1120. The van der Waals surface area contributed by atoms with Gasteiger partial charge in [0.05, 0.1) is 31.2 Å². The van der Waals surface area contributed by atoms with E-state index < -0.39 is 0 Å². The first-order valence-corrected chi connectivity index (χ1v) is 11.1. The SMILES string of the molecule is COc1ccc(OCCCNC(=O)N2CCN(Cc3nc4ccccc4c(=O)[nH]3)CC2)cc1. The summed E-state index contributed by atoms with van der Waals surface area (Å²) in [6, 6.07) is 14.7. The van der Waals surface area contributed by atoms with Crippen molar-refractivity contribution in [2.75, 3.05) is 46.4 Å². The van der Waals surface area contributed by atoms with Crippen molar-refractivity contribution in [3.05, 3.63) is 64.7 Å². The molecule has 2 amide bonds. The minimum atomic E-state index is -0.121. The van der Waals surface area contributed by atoms with E-state index in [0.29, 0.717) is 49.5 Å². The van der Waals surface area contributed by atoms with Gasteiger partial charge in [-0.05, 0) is 42.8 Å². The van der Waals surface area contributed by atoms with Crippen molar-refractivity contribution in [1.29, 1.82) is 0 Å². The smallest absolute Gasteiger partial charge is 0.317 e. The van der Waals surface area contributed by atoms with E-state index in [-0.39, 0.29) is 11.6 Å². The van der Waals surface area contributed by atoms with Crippen LogP contribution in [0, 0.1) is 0 Å². The number of hydrogen-bond donors (Lipinski definition) is 2. The number of carbonyl (C=O) groups is 1. The van der Waals surface area contributed by atoms with Gasteiger partial charge in [0, 0.05) is 32.7 Å². The minimum Gasteiger partial charge on any atom is -0.497 e. The second kappa shape index (κ2) is 10.8. The van der Waals surface area contributed by atoms with Crippen LogP contribution in [0.25, 0.3) is 10.9 Å². The molecule has 0 radical (unpaired) electrons. The van der Waals surface area contributed by atoms with Crippen molar-refractivity contribution >= 4 is 16.9 Å². The highest BCUT2D eigenvalue weighted by molar-refractivity contribution is 5.77. The highest BCUT2D eigenvalue weighted by Gasteiger charge is 2.21. The van der Waals surface area contributed by atoms with Crippen molar-refractivity contribution in [2.24, 2.45) is 0 Å². The number of H-pyrrole nitrogens is 1. The number of fused-ring (bicyclic) bond motifs is 1. The van der Waals surface area contributed by atoms with Crippen LogP contribution in [0.5, 0.6) is 11.5 Å². The summed E-state index contributed by atoms with van der Waals surface area (Å²) in [6.45, 7) is 4.35. The van der Waals surface area contributed by atoms with Crippen LogP contribution in [0.2, 0.25) is 0 Å². The lowest BCUT2D eigenvalue weighted by atomic mass is 10.2. The normalized spacial score (nSPS) is 14.3. The van der Waals surface area contributed by atoms with E-state index in [1.807, 2.05) is 47.4 Å². The third kappa shape index (κ3) is 6.01. The molecule has 33 heavy (non-hydrogen) atoms. The number of rotatable bonds is 8. The molecule has 1 saturated heterocycles. The van der Waals surface area contributed by atoms with Crippen molar-refractivity contribution in [3.63, 3.8) is 0 Å². The van der Waals surface area contributed by atoms with E-state index in [9.17, 15) is 9.59 Å². The van der Waals surface area contributed by atoms with Crippen molar-refractivity contribution < 1.29 is 14.3 Å². The number of piperazine rings is 1. The highest BCUT2D eigenvalue weighted by atomic mass is 16.5. The zero-order valence-electron chi connectivity index (χ0n) is 18.8. The maximum atomic E-state index is 12.4. The zero-order chi connectivity index (χ0) is 23.0. The second-order valence-electron chi connectivity index (χ2n) is 7.90. The second-order valence-corrected chi connectivity index (χ2v) is 7.90.